The summed E-state index contributed by atoms with van der Waals surface area (Å²) in [6.07, 6.45) is 6.80. The first kappa shape index (κ1) is 16.4. The molecule has 5 nitrogen and oxygen atoms in total. The quantitative estimate of drug-likeness (QED) is 0.649. The van der Waals surface area contributed by atoms with E-state index in [1.165, 1.54) is 34.6 Å². The number of aryl methyl sites for hydroxylation is 2. The molecule has 1 heterocycles. The van der Waals surface area contributed by atoms with Crippen LogP contribution in [0.4, 0.5) is 0 Å². The lowest BCUT2D eigenvalue weighted by molar-refractivity contribution is 0.0377. The van der Waals surface area contributed by atoms with Gasteiger partial charge in [-0.3, -0.25) is 4.79 Å². The van der Waals surface area contributed by atoms with E-state index in [0.717, 1.165) is 25.7 Å². The third-order valence-corrected chi connectivity index (χ3v) is 5.24. The predicted octanol–water partition coefficient (Wildman–Crippen LogP) is 0.853. The number of amides is 1. The summed E-state index contributed by atoms with van der Waals surface area (Å²) in [5, 5.41) is 30.4. The van der Waals surface area contributed by atoms with Crippen LogP contribution in [0.15, 0.2) is 6.07 Å². The van der Waals surface area contributed by atoms with Gasteiger partial charge in [-0.25, -0.2) is 0 Å². The number of carbonyl (C=O) groups is 1. The Labute approximate surface area is 128 Å². The number of aliphatic hydroxyl groups excluding tert-OH is 3. The standard InChI is InChI=1S/C15H23NO4S/c17-8-15(9-18,10-19)16-14(20)13-7-11-5-3-1-2-4-6-12(11)21-13/h7,17-19H,1-6,8-10H2,(H,16,20). The van der Waals surface area contributed by atoms with Crippen LogP contribution in [-0.4, -0.2) is 46.6 Å². The van der Waals surface area contributed by atoms with Gasteiger partial charge in [0.25, 0.3) is 5.91 Å². The molecule has 0 bridgehead atoms. The summed E-state index contributed by atoms with van der Waals surface area (Å²) >= 11 is 1.48. The second-order valence-electron chi connectivity index (χ2n) is 5.68. The monoisotopic (exact) mass is 313 g/mol. The number of hydrogen-bond acceptors (Lipinski definition) is 5. The van der Waals surface area contributed by atoms with Gasteiger partial charge in [-0.05, 0) is 37.3 Å². The summed E-state index contributed by atoms with van der Waals surface area (Å²) in [6, 6.07) is 1.91. The molecule has 1 aliphatic carbocycles. The number of nitrogens with one attached hydrogen (secondary N) is 1. The van der Waals surface area contributed by atoms with Crippen LogP contribution in [0.25, 0.3) is 0 Å². The molecule has 0 radical (unpaired) electrons. The maximum Gasteiger partial charge on any atom is 0.262 e. The van der Waals surface area contributed by atoms with E-state index in [1.54, 1.807) is 0 Å². The fourth-order valence-corrected chi connectivity index (χ4v) is 3.68. The first-order chi connectivity index (χ1) is 10.1. The zero-order chi connectivity index (χ0) is 15.3. The van der Waals surface area contributed by atoms with Gasteiger partial charge in [-0.1, -0.05) is 12.8 Å². The van der Waals surface area contributed by atoms with Crippen molar-refractivity contribution in [2.75, 3.05) is 19.8 Å². The maximum atomic E-state index is 12.3. The number of hydrogen-bond donors (Lipinski definition) is 4. The first-order valence-corrected chi connectivity index (χ1v) is 8.22. The van der Waals surface area contributed by atoms with E-state index in [9.17, 15) is 20.1 Å². The Hall–Kier alpha value is -0.950. The second-order valence-corrected chi connectivity index (χ2v) is 6.82. The molecule has 0 atom stereocenters. The zero-order valence-electron chi connectivity index (χ0n) is 12.1. The van der Waals surface area contributed by atoms with Gasteiger partial charge in [0.1, 0.15) is 5.54 Å². The van der Waals surface area contributed by atoms with Gasteiger partial charge in [0.05, 0.1) is 24.7 Å². The van der Waals surface area contributed by atoms with Crippen molar-refractivity contribution < 1.29 is 20.1 Å². The molecule has 4 N–H and O–H groups in total. The minimum Gasteiger partial charge on any atom is -0.394 e. The van der Waals surface area contributed by atoms with Crippen LogP contribution in [0, 0.1) is 0 Å². The average Bonchev–Trinajstić information content (AvgIpc) is 2.87. The fraction of sp³-hybridized carbons (Fsp3) is 0.667. The Morgan fingerprint density at radius 3 is 2.33 bits per heavy atom. The molecule has 1 amide bonds. The van der Waals surface area contributed by atoms with Crippen LogP contribution in [0.2, 0.25) is 0 Å². The van der Waals surface area contributed by atoms with E-state index in [2.05, 4.69) is 5.32 Å². The normalized spacial score (nSPS) is 16.0. The van der Waals surface area contributed by atoms with Gasteiger partial charge in [-0.15, -0.1) is 11.3 Å². The van der Waals surface area contributed by atoms with Crippen molar-refractivity contribution in [3.63, 3.8) is 0 Å². The smallest absolute Gasteiger partial charge is 0.262 e. The number of aliphatic hydroxyl groups is 3. The molecule has 2 rings (SSSR count). The zero-order valence-corrected chi connectivity index (χ0v) is 12.9. The van der Waals surface area contributed by atoms with E-state index in [-0.39, 0.29) is 5.91 Å². The topological polar surface area (TPSA) is 89.8 Å². The lowest BCUT2D eigenvalue weighted by Gasteiger charge is -2.28. The minimum absolute atomic E-state index is 0.344. The Kier molecular flexibility index (Phi) is 5.75. The second kappa shape index (κ2) is 7.35. The van der Waals surface area contributed by atoms with Crippen molar-refractivity contribution in [1.82, 2.24) is 5.32 Å². The van der Waals surface area contributed by atoms with Gasteiger partial charge >= 0.3 is 0 Å². The lowest BCUT2D eigenvalue weighted by atomic mass is 9.99. The lowest BCUT2D eigenvalue weighted by Crippen LogP contribution is -2.56. The first-order valence-electron chi connectivity index (χ1n) is 7.41. The molecule has 118 valence electrons. The number of thiophene rings is 1. The molecule has 6 heteroatoms. The fourth-order valence-electron chi connectivity index (χ4n) is 2.53. The third-order valence-electron chi connectivity index (χ3n) is 4.01. The summed E-state index contributed by atoms with van der Waals surface area (Å²) < 4.78 is 0. The van der Waals surface area contributed by atoms with Crippen LogP contribution >= 0.6 is 11.3 Å². The molecule has 21 heavy (non-hydrogen) atoms. The van der Waals surface area contributed by atoms with E-state index >= 15 is 0 Å². The number of rotatable bonds is 5. The summed E-state index contributed by atoms with van der Waals surface area (Å²) in [4.78, 5) is 14.1. The summed E-state index contributed by atoms with van der Waals surface area (Å²) in [6.45, 7) is -1.51. The number of fused-ring (bicyclic) bond motifs is 1. The van der Waals surface area contributed by atoms with E-state index < -0.39 is 25.4 Å². The number of carbonyl (C=O) groups excluding carboxylic acids is 1. The van der Waals surface area contributed by atoms with Crippen LogP contribution in [-0.2, 0) is 12.8 Å². The average molecular weight is 313 g/mol. The predicted molar refractivity (Wildman–Crippen MR) is 81.6 cm³/mol. The highest BCUT2D eigenvalue weighted by molar-refractivity contribution is 7.14. The van der Waals surface area contributed by atoms with Crippen molar-refractivity contribution >= 4 is 17.2 Å². The molecule has 1 aromatic heterocycles. The molecule has 0 saturated carbocycles. The molecule has 1 aliphatic rings. The van der Waals surface area contributed by atoms with E-state index in [4.69, 9.17) is 0 Å². The summed E-state index contributed by atoms with van der Waals surface area (Å²) in [5.41, 5.74) is -0.123. The summed E-state index contributed by atoms with van der Waals surface area (Å²) in [5.74, 6) is -0.344. The Morgan fingerprint density at radius 2 is 1.71 bits per heavy atom. The molecule has 0 fully saturated rings. The molecular weight excluding hydrogens is 290 g/mol. The van der Waals surface area contributed by atoms with Gasteiger partial charge in [0.15, 0.2) is 0 Å². The van der Waals surface area contributed by atoms with Crippen molar-refractivity contribution in [2.24, 2.45) is 0 Å². The SMILES string of the molecule is O=C(NC(CO)(CO)CO)c1cc2c(s1)CCCCCC2. The van der Waals surface area contributed by atoms with Crippen LogP contribution < -0.4 is 5.32 Å². The maximum absolute atomic E-state index is 12.3. The molecule has 0 spiro atoms. The molecule has 0 aliphatic heterocycles. The Balaban J connectivity index is 2.14. The Bertz CT molecular complexity index is 448. The molecular formula is C15H23NO4S. The molecule has 0 aromatic carbocycles. The highest BCUT2D eigenvalue weighted by Gasteiger charge is 2.31. The highest BCUT2D eigenvalue weighted by Crippen LogP contribution is 2.28. The summed E-state index contributed by atoms with van der Waals surface area (Å²) in [7, 11) is 0. The van der Waals surface area contributed by atoms with Crippen molar-refractivity contribution in [2.45, 2.75) is 44.1 Å². The Morgan fingerprint density at radius 1 is 1.10 bits per heavy atom. The molecule has 0 saturated heterocycles. The van der Waals surface area contributed by atoms with Gasteiger partial charge in [0, 0.05) is 4.88 Å². The van der Waals surface area contributed by atoms with Crippen molar-refractivity contribution in [1.29, 1.82) is 0 Å². The van der Waals surface area contributed by atoms with Crippen LogP contribution in [0.1, 0.15) is 45.8 Å². The third kappa shape index (κ3) is 3.83. The minimum atomic E-state index is -1.37. The molecule has 0 unspecified atom stereocenters. The van der Waals surface area contributed by atoms with Crippen LogP contribution in [0.3, 0.4) is 0 Å². The highest BCUT2D eigenvalue weighted by atomic mass is 32.1. The largest absolute Gasteiger partial charge is 0.394 e. The van der Waals surface area contributed by atoms with Crippen molar-refractivity contribution in [3.05, 3.63) is 21.4 Å². The van der Waals surface area contributed by atoms with Crippen LogP contribution in [0.5, 0.6) is 0 Å². The van der Waals surface area contributed by atoms with E-state index in [0.29, 0.717) is 4.88 Å². The van der Waals surface area contributed by atoms with Gasteiger partial charge < -0.3 is 20.6 Å². The van der Waals surface area contributed by atoms with Crippen molar-refractivity contribution in [3.8, 4) is 0 Å². The molecule has 1 aromatic rings. The van der Waals surface area contributed by atoms with Gasteiger partial charge in [-0.2, -0.15) is 0 Å². The van der Waals surface area contributed by atoms with E-state index in [1.807, 2.05) is 6.07 Å². The van der Waals surface area contributed by atoms with Gasteiger partial charge in [0.2, 0.25) is 0 Å².